The summed E-state index contributed by atoms with van der Waals surface area (Å²) in [7, 11) is 0. The fourth-order valence-electron chi connectivity index (χ4n) is 2.14. The second-order valence-electron chi connectivity index (χ2n) is 4.41. The SMILES string of the molecule is CCOCCNC(c1ccccc1)c1ccccc1. The van der Waals surface area contributed by atoms with Gasteiger partial charge in [-0.05, 0) is 18.1 Å². The van der Waals surface area contributed by atoms with Crippen molar-refractivity contribution in [1.82, 2.24) is 5.32 Å². The van der Waals surface area contributed by atoms with Gasteiger partial charge in [-0.2, -0.15) is 0 Å². The number of nitrogens with one attached hydrogen (secondary N) is 1. The molecule has 19 heavy (non-hydrogen) atoms. The van der Waals surface area contributed by atoms with Crippen LogP contribution >= 0.6 is 0 Å². The number of ether oxygens (including phenoxy) is 1. The van der Waals surface area contributed by atoms with Crippen LogP contribution in [0.2, 0.25) is 0 Å². The zero-order valence-electron chi connectivity index (χ0n) is 11.4. The third kappa shape index (κ3) is 4.19. The summed E-state index contributed by atoms with van der Waals surface area (Å²) in [5.41, 5.74) is 2.57. The zero-order chi connectivity index (χ0) is 13.3. The fraction of sp³-hybridized carbons (Fsp3) is 0.294. The third-order valence-electron chi connectivity index (χ3n) is 3.06. The zero-order valence-corrected chi connectivity index (χ0v) is 11.4. The Hall–Kier alpha value is -1.64. The maximum Gasteiger partial charge on any atom is 0.0591 e. The Labute approximate surface area is 115 Å². The summed E-state index contributed by atoms with van der Waals surface area (Å²) in [5, 5.41) is 3.56. The number of hydrogen-bond donors (Lipinski definition) is 1. The van der Waals surface area contributed by atoms with E-state index in [1.807, 2.05) is 19.1 Å². The molecule has 0 saturated carbocycles. The van der Waals surface area contributed by atoms with Crippen molar-refractivity contribution in [2.75, 3.05) is 19.8 Å². The van der Waals surface area contributed by atoms with E-state index in [-0.39, 0.29) is 6.04 Å². The molecule has 2 aromatic rings. The fourth-order valence-corrected chi connectivity index (χ4v) is 2.14. The average Bonchev–Trinajstić information content (AvgIpc) is 2.49. The van der Waals surface area contributed by atoms with Crippen molar-refractivity contribution in [1.29, 1.82) is 0 Å². The minimum Gasteiger partial charge on any atom is -0.380 e. The smallest absolute Gasteiger partial charge is 0.0591 e. The first-order chi connectivity index (χ1) is 9.42. The number of rotatable bonds is 7. The summed E-state index contributed by atoms with van der Waals surface area (Å²) in [6.45, 7) is 4.38. The summed E-state index contributed by atoms with van der Waals surface area (Å²) < 4.78 is 5.39. The molecule has 100 valence electrons. The Balaban J connectivity index is 2.10. The molecular formula is C17H21NO. The first-order valence-electron chi connectivity index (χ1n) is 6.83. The van der Waals surface area contributed by atoms with Crippen molar-refractivity contribution in [2.45, 2.75) is 13.0 Å². The highest BCUT2D eigenvalue weighted by Crippen LogP contribution is 2.21. The molecule has 0 bridgehead atoms. The van der Waals surface area contributed by atoms with Gasteiger partial charge in [0.15, 0.2) is 0 Å². The van der Waals surface area contributed by atoms with E-state index in [1.165, 1.54) is 11.1 Å². The van der Waals surface area contributed by atoms with E-state index in [9.17, 15) is 0 Å². The van der Waals surface area contributed by atoms with E-state index in [4.69, 9.17) is 4.74 Å². The first kappa shape index (κ1) is 13.8. The van der Waals surface area contributed by atoms with E-state index >= 15 is 0 Å². The molecule has 0 radical (unpaired) electrons. The van der Waals surface area contributed by atoms with Gasteiger partial charge in [-0.1, -0.05) is 60.7 Å². The largest absolute Gasteiger partial charge is 0.380 e. The van der Waals surface area contributed by atoms with Crippen molar-refractivity contribution in [3.8, 4) is 0 Å². The topological polar surface area (TPSA) is 21.3 Å². The van der Waals surface area contributed by atoms with Crippen LogP contribution in [-0.4, -0.2) is 19.8 Å². The van der Waals surface area contributed by atoms with Crippen LogP contribution in [-0.2, 0) is 4.74 Å². The van der Waals surface area contributed by atoms with E-state index in [1.54, 1.807) is 0 Å². The summed E-state index contributed by atoms with van der Waals surface area (Å²) >= 11 is 0. The molecule has 0 unspecified atom stereocenters. The highest BCUT2D eigenvalue weighted by molar-refractivity contribution is 5.31. The van der Waals surface area contributed by atoms with Gasteiger partial charge in [-0.15, -0.1) is 0 Å². The molecule has 0 aliphatic rings. The molecule has 0 aromatic heterocycles. The molecule has 2 aromatic carbocycles. The van der Waals surface area contributed by atoms with Gasteiger partial charge in [0.05, 0.1) is 12.6 Å². The van der Waals surface area contributed by atoms with Crippen LogP contribution in [0, 0.1) is 0 Å². The van der Waals surface area contributed by atoms with Gasteiger partial charge in [0.1, 0.15) is 0 Å². The maximum atomic E-state index is 5.39. The van der Waals surface area contributed by atoms with E-state index in [2.05, 4.69) is 53.8 Å². The molecule has 0 amide bonds. The van der Waals surface area contributed by atoms with Crippen LogP contribution in [0.5, 0.6) is 0 Å². The van der Waals surface area contributed by atoms with Gasteiger partial charge in [-0.25, -0.2) is 0 Å². The van der Waals surface area contributed by atoms with Crippen molar-refractivity contribution in [2.24, 2.45) is 0 Å². The number of benzene rings is 2. The third-order valence-corrected chi connectivity index (χ3v) is 3.06. The van der Waals surface area contributed by atoms with Crippen molar-refractivity contribution in [3.63, 3.8) is 0 Å². The summed E-state index contributed by atoms with van der Waals surface area (Å²) in [6, 6.07) is 21.3. The molecular weight excluding hydrogens is 234 g/mol. The predicted octanol–water partition coefficient (Wildman–Crippen LogP) is 3.40. The molecule has 0 spiro atoms. The second kappa shape index (κ2) is 7.72. The monoisotopic (exact) mass is 255 g/mol. The first-order valence-corrected chi connectivity index (χ1v) is 6.83. The summed E-state index contributed by atoms with van der Waals surface area (Å²) in [5.74, 6) is 0. The Bertz CT molecular complexity index is 416. The minimum atomic E-state index is 0.225. The maximum absolute atomic E-state index is 5.39. The molecule has 2 nitrogen and oxygen atoms in total. The molecule has 1 N–H and O–H groups in total. The molecule has 0 aliphatic heterocycles. The lowest BCUT2D eigenvalue weighted by atomic mass is 9.99. The average molecular weight is 255 g/mol. The molecule has 0 atom stereocenters. The van der Waals surface area contributed by atoms with Crippen molar-refractivity contribution in [3.05, 3.63) is 71.8 Å². The Morgan fingerprint density at radius 2 is 1.42 bits per heavy atom. The van der Waals surface area contributed by atoms with Gasteiger partial charge in [0.2, 0.25) is 0 Å². The highest BCUT2D eigenvalue weighted by Gasteiger charge is 2.12. The van der Waals surface area contributed by atoms with Gasteiger partial charge < -0.3 is 10.1 Å². The summed E-state index contributed by atoms with van der Waals surface area (Å²) in [6.07, 6.45) is 0. The quantitative estimate of drug-likeness (QED) is 0.766. The minimum absolute atomic E-state index is 0.225. The molecule has 0 saturated heterocycles. The van der Waals surface area contributed by atoms with Crippen LogP contribution in [0.4, 0.5) is 0 Å². The van der Waals surface area contributed by atoms with Gasteiger partial charge in [0.25, 0.3) is 0 Å². The predicted molar refractivity (Wildman–Crippen MR) is 79.2 cm³/mol. The Morgan fingerprint density at radius 1 is 0.895 bits per heavy atom. The lowest BCUT2D eigenvalue weighted by Gasteiger charge is -2.19. The lowest BCUT2D eigenvalue weighted by Crippen LogP contribution is -2.26. The van der Waals surface area contributed by atoms with Crippen LogP contribution in [0.3, 0.4) is 0 Å². The second-order valence-corrected chi connectivity index (χ2v) is 4.41. The van der Waals surface area contributed by atoms with Crippen LogP contribution in [0.15, 0.2) is 60.7 Å². The standard InChI is InChI=1S/C17H21NO/c1-2-19-14-13-18-17(15-9-5-3-6-10-15)16-11-7-4-8-12-16/h3-12,17-18H,2,13-14H2,1H3. The summed E-state index contributed by atoms with van der Waals surface area (Å²) in [4.78, 5) is 0. The molecule has 0 heterocycles. The molecule has 2 rings (SSSR count). The van der Waals surface area contributed by atoms with E-state index < -0.39 is 0 Å². The Morgan fingerprint density at radius 3 is 1.89 bits per heavy atom. The normalized spacial score (nSPS) is 10.8. The van der Waals surface area contributed by atoms with Crippen LogP contribution in [0.1, 0.15) is 24.1 Å². The van der Waals surface area contributed by atoms with Gasteiger partial charge in [-0.3, -0.25) is 0 Å². The van der Waals surface area contributed by atoms with Crippen LogP contribution in [0.25, 0.3) is 0 Å². The van der Waals surface area contributed by atoms with Crippen LogP contribution < -0.4 is 5.32 Å². The van der Waals surface area contributed by atoms with Gasteiger partial charge in [0, 0.05) is 13.2 Å². The highest BCUT2D eigenvalue weighted by atomic mass is 16.5. The van der Waals surface area contributed by atoms with E-state index in [0.29, 0.717) is 0 Å². The van der Waals surface area contributed by atoms with Crippen molar-refractivity contribution < 1.29 is 4.74 Å². The Kier molecular flexibility index (Phi) is 5.60. The van der Waals surface area contributed by atoms with E-state index in [0.717, 1.165) is 19.8 Å². The van der Waals surface area contributed by atoms with Gasteiger partial charge >= 0.3 is 0 Å². The molecule has 0 aliphatic carbocycles. The molecule has 2 heteroatoms. The van der Waals surface area contributed by atoms with Crippen molar-refractivity contribution >= 4 is 0 Å². The number of hydrogen-bond acceptors (Lipinski definition) is 2. The lowest BCUT2D eigenvalue weighted by molar-refractivity contribution is 0.148. The molecule has 0 fully saturated rings.